The van der Waals surface area contributed by atoms with Gasteiger partial charge in [-0.1, -0.05) is 12.1 Å². The molecule has 1 aliphatic rings. The first kappa shape index (κ1) is 17.3. The van der Waals surface area contributed by atoms with E-state index in [1.165, 1.54) is 0 Å². The Kier molecular flexibility index (Phi) is 5.60. The number of rotatable bonds is 6. The molecule has 6 nitrogen and oxygen atoms in total. The maximum absolute atomic E-state index is 12.2. The standard InChI is InChI=1S/C17H23NO5/c1-12-3-4-13(11-14(12)22-2)5-6-15(19)18-17(16(20)21)7-9-23-10-8-17/h3-4,11H,5-10H2,1-2H3,(H,18,19)(H,20,21). The number of carboxylic acids is 1. The Morgan fingerprint density at radius 2 is 2.04 bits per heavy atom. The highest BCUT2D eigenvalue weighted by atomic mass is 16.5. The molecule has 23 heavy (non-hydrogen) atoms. The second-order valence-electron chi connectivity index (χ2n) is 5.85. The van der Waals surface area contributed by atoms with E-state index in [1.54, 1.807) is 7.11 Å². The predicted molar refractivity (Wildman–Crippen MR) is 84.6 cm³/mol. The van der Waals surface area contributed by atoms with Crippen molar-refractivity contribution in [3.63, 3.8) is 0 Å². The molecule has 1 saturated heterocycles. The molecule has 0 aliphatic carbocycles. The first-order valence-electron chi connectivity index (χ1n) is 7.72. The van der Waals surface area contributed by atoms with Gasteiger partial charge in [0, 0.05) is 32.5 Å². The predicted octanol–water partition coefficient (Wildman–Crippen LogP) is 1.69. The lowest BCUT2D eigenvalue weighted by molar-refractivity contribution is -0.152. The average Bonchev–Trinajstić information content (AvgIpc) is 2.54. The van der Waals surface area contributed by atoms with E-state index in [0.717, 1.165) is 16.9 Å². The molecule has 1 aliphatic heterocycles. The Bertz CT molecular complexity index is 578. The van der Waals surface area contributed by atoms with Gasteiger partial charge in [0.2, 0.25) is 5.91 Å². The number of carbonyl (C=O) groups excluding carboxylic acids is 1. The number of carbonyl (C=O) groups is 2. The molecule has 0 spiro atoms. The fourth-order valence-electron chi connectivity index (χ4n) is 2.72. The largest absolute Gasteiger partial charge is 0.496 e. The lowest BCUT2D eigenvalue weighted by Crippen LogP contribution is -2.57. The van der Waals surface area contributed by atoms with Crippen molar-refractivity contribution in [1.29, 1.82) is 0 Å². The molecule has 1 aromatic carbocycles. The van der Waals surface area contributed by atoms with Crippen LogP contribution in [0.3, 0.4) is 0 Å². The Balaban J connectivity index is 1.95. The molecule has 0 atom stereocenters. The van der Waals surface area contributed by atoms with E-state index in [9.17, 15) is 14.7 Å². The van der Waals surface area contributed by atoms with Crippen molar-refractivity contribution in [3.05, 3.63) is 29.3 Å². The second-order valence-corrected chi connectivity index (χ2v) is 5.85. The Morgan fingerprint density at radius 1 is 1.35 bits per heavy atom. The number of carboxylic acid groups (broad SMARTS) is 1. The summed E-state index contributed by atoms with van der Waals surface area (Å²) in [5.74, 6) is -0.464. The van der Waals surface area contributed by atoms with Crippen LogP contribution in [0, 0.1) is 6.92 Å². The number of nitrogens with one attached hydrogen (secondary N) is 1. The molecule has 0 aromatic heterocycles. The van der Waals surface area contributed by atoms with Crippen LogP contribution in [-0.4, -0.2) is 42.8 Å². The lowest BCUT2D eigenvalue weighted by Gasteiger charge is -2.33. The van der Waals surface area contributed by atoms with Crippen LogP contribution in [0.25, 0.3) is 0 Å². The highest BCUT2D eigenvalue weighted by Crippen LogP contribution is 2.22. The number of ether oxygens (including phenoxy) is 2. The number of aryl methyl sites for hydroxylation is 2. The van der Waals surface area contributed by atoms with E-state index >= 15 is 0 Å². The molecule has 1 aromatic rings. The molecular weight excluding hydrogens is 298 g/mol. The van der Waals surface area contributed by atoms with Crippen molar-refractivity contribution in [2.75, 3.05) is 20.3 Å². The highest BCUT2D eigenvalue weighted by Gasteiger charge is 2.41. The van der Waals surface area contributed by atoms with Crippen molar-refractivity contribution in [2.45, 2.75) is 38.1 Å². The lowest BCUT2D eigenvalue weighted by atomic mass is 9.90. The summed E-state index contributed by atoms with van der Waals surface area (Å²) in [4.78, 5) is 23.7. The zero-order chi connectivity index (χ0) is 16.9. The van der Waals surface area contributed by atoms with Gasteiger partial charge in [-0.3, -0.25) is 4.79 Å². The molecular formula is C17H23NO5. The zero-order valence-corrected chi connectivity index (χ0v) is 13.6. The van der Waals surface area contributed by atoms with Crippen LogP contribution in [0.4, 0.5) is 0 Å². The van der Waals surface area contributed by atoms with Crippen LogP contribution in [0.15, 0.2) is 18.2 Å². The monoisotopic (exact) mass is 321 g/mol. The van der Waals surface area contributed by atoms with Crippen LogP contribution < -0.4 is 10.1 Å². The maximum Gasteiger partial charge on any atom is 0.329 e. The first-order chi connectivity index (χ1) is 11.0. The normalized spacial score (nSPS) is 16.6. The van der Waals surface area contributed by atoms with Crippen molar-refractivity contribution in [3.8, 4) is 5.75 Å². The van der Waals surface area contributed by atoms with Crippen molar-refractivity contribution < 1.29 is 24.2 Å². The fraction of sp³-hybridized carbons (Fsp3) is 0.529. The van der Waals surface area contributed by atoms with E-state index in [1.807, 2.05) is 25.1 Å². The first-order valence-corrected chi connectivity index (χ1v) is 7.72. The van der Waals surface area contributed by atoms with Crippen molar-refractivity contribution in [2.24, 2.45) is 0 Å². The smallest absolute Gasteiger partial charge is 0.329 e. The Hall–Kier alpha value is -2.08. The number of methoxy groups -OCH3 is 1. The van der Waals surface area contributed by atoms with Gasteiger partial charge in [-0.2, -0.15) is 0 Å². The van der Waals surface area contributed by atoms with Crippen molar-refractivity contribution >= 4 is 11.9 Å². The summed E-state index contributed by atoms with van der Waals surface area (Å²) < 4.78 is 10.5. The topological polar surface area (TPSA) is 84.9 Å². The molecule has 0 saturated carbocycles. The third-order valence-corrected chi connectivity index (χ3v) is 4.25. The van der Waals surface area contributed by atoms with Gasteiger partial charge >= 0.3 is 5.97 Å². The maximum atomic E-state index is 12.2. The van der Waals surface area contributed by atoms with Gasteiger partial charge in [0.15, 0.2) is 0 Å². The molecule has 126 valence electrons. The van der Waals surface area contributed by atoms with Crippen molar-refractivity contribution in [1.82, 2.24) is 5.32 Å². The Labute approximate surface area is 135 Å². The number of hydrogen-bond acceptors (Lipinski definition) is 4. The minimum absolute atomic E-state index is 0.238. The minimum atomic E-state index is -1.19. The third-order valence-electron chi connectivity index (χ3n) is 4.25. The van der Waals surface area contributed by atoms with Gasteiger partial charge in [-0.05, 0) is 30.5 Å². The summed E-state index contributed by atoms with van der Waals surface area (Å²) in [6, 6.07) is 5.81. The van der Waals surface area contributed by atoms with Gasteiger partial charge in [0.25, 0.3) is 0 Å². The number of amides is 1. The third kappa shape index (κ3) is 4.22. The Morgan fingerprint density at radius 3 is 2.65 bits per heavy atom. The van der Waals surface area contributed by atoms with Gasteiger partial charge < -0.3 is 19.9 Å². The van der Waals surface area contributed by atoms with Crippen LogP contribution >= 0.6 is 0 Å². The number of benzene rings is 1. The molecule has 1 fully saturated rings. The van der Waals surface area contributed by atoms with E-state index in [4.69, 9.17) is 9.47 Å². The summed E-state index contributed by atoms with van der Waals surface area (Å²) in [5, 5.41) is 12.1. The van der Waals surface area contributed by atoms with Gasteiger partial charge in [0.1, 0.15) is 11.3 Å². The van der Waals surface area contributed by atoms with E-state index in [2.05, 4.69) is 5.32 Å². The van der Waals surface area contributed by atoms with E-state index < -0.39 is 11.5 Å². The van der Waals surface area contributed by atoms with Crippen LogP contribution in [-0.2, 0) is 20.7 Å². The highest BCUT2D eigenvalue weighted by molar-refractivity contribution is 5.87. The average molecular weight is 321 g/mol. The SMILES string of the molecule is COc1cc(CCC(=O)NC2(C(=O)O)CCOCC2)ccc1C. The molecule has 1 amide bonds. The summed E-state index contributed by atoms with van der Waals surface area (Å²) >= 11 is 0. The molecule has 2 rings (SSSR count). The van der Waals surface area contributed by atoms with E-state index in [-0.39, 0.29) is 12.3 Å². The zero-order valence-electron chi connectivity index (χ0n) is 13.6. The molecule has 6 heteroatoms. The van der Waals surface area contributed by atoms with E-state index in [0.29, 0.717) is 32.5 Å². The summed E-state index contributed by atoms with van der Waals surface area (Å²) in [6.45, 7) is 2.65. The number of aliphatic carboxylic acids is 1. The summed E-state index contributed by atoms with van der Waals surface area (Å²) in [7, 11) is 1.61. The van der Waals surface area contributed by atoms with Crippen LogP contribution in [0.2, 0.25) is 0 Å². The van der Waals surface area contributed by atoms with Crippen LogP contribution in [0.5, 0.6) is 5.75 Å². The molecule has 1 heterocycles. The minimum Gasteiger partial charge on any atom is -0.496 e. The molecule has 0 unspecified atom stereocenters. The van der Waals surface area contributed by atoms with Gasteiger partial charge in [-0.15, -0.1) is 0 Å². The van der Waals surface area contributed by atoms with Gasteiger partial charge in [-0.25, -0.2) is 4.79 Å². The fourth-order valence-corrected chi connectivity index (χ4v) is 2.72. The summed E-state index contributed by atoms with van der Waals surface area (Å²) in [6.07, 6.45) is 1.37. The quantitative estimate of drug-likeness (QED) is 0.833. The van der Waals surface area contributed by atoms with Gasteiger partial charge in [0.05, 0.1) is 7.11 Å². The molecule has 0 radical (unpaired) electrons. The number of hydrogen-bond donors (Lipinski definition) is 2. The van der Waals surface area contributed by atoms with Crippen LogP contribution in [0.1, 0.15) is 30.4 Å². The second kappa shape index (κ2) is 7.46. The summed E-state index contributed by atoms with van der Waals surface area (Å²) in [5.41, 5.74) is 0.826. The molecule has 0 bridgehead atoms. The molecule has 2 N–H and O–H groups in total.